The summed E-state index contributed by atoms with van der Waals surface area (Å²) in [6.45, 7) is 0.968. The molecular weight excluding hydrogens is 253 g/mol. The number of halogens is 2. The molecule has 0 bridgehead atoms. The third-order valence-electron chi connectivity index (χ3n) is 3.58. The number of alkyl halides is 2. The Balaban J connectivity index is 2.08. The number of piperidine rings is 1. The van der Waals surface area contributed by atoms with Gasteiger partial charge in [-0.05, 0) is 18.4 Å². The summed E-state index contributed by atoms with van der Waals surface area (Å²) in [6, 6.07) is 11.5. The van der Waals surface area contributed by atoms with Crippen molar-refractivity contribution in [2.45, 2.75) is 37.9 Å². The molecule has 0 radical (unpaired) electrons. The zero-order valence-electron chi connectivity index (χ0n) is 9.99. The topological polar surface area (TPSA) is 3.24 Å². The van der Waals surface area contributed by atoms with E-state index in [2.05, 4.69) is 35.2 Å². The number of hydrogen-bond acceptors (Lipinski definition) is 1. The van der Waals surface area contributed by atoms with Gasteiger partial charge in [-0.1, -0.05) is 36.8 Å². The number of nitrogens with zero attached hydrogens (tertiary/aromatic N) is 1. The lowest BCUT2D eigenvalue weighted by molar-refractivity contribution is 0.0991. The number of likely N-dealkylation sites (tertiary alicyclic amines) is 1. The van der Waals surface area contributed by atoms with Crippen molar-refractivity contribution in [2.75, 3.05) is 11.8 Å². The largest absolute Gasteiger partial charge is 0.291 e. The fourth-order valence-electron chi connectivity index (χ4n) is 2.60. The number of hydrogen-bond donors (Lipinski definition) is 0. The minimum absolute atomic E-state index is 0.481. The minimum Gasteiger partial charge on any atom is -0.291 e. The van der Waals surface area contributed by atoms with E-state index < -0.39 is 0 Å². The van der Waals surface area contributed by atoms with Crippen LogP contribution in [-0.4, -0.2) is 28.7 Å². The van der Waals surface area contributed by atoms with Crippen LogP contribution >= 0.6 is 23.2 Å². The van der Waals surface area contributed by atoms with Gasteiger partial charge in [0.15, 0.2) is 0 Å². The van der Waals surface area contributed by atoms with Crippen LogP contribution in [0.1, 0.15) is 24.8 Å². The maximum atomic E-state index is 6.08. The van der Waals surface area contributed by atoms with Crippen molar-refractivity contribution >= 4 is 23.2 Å². The van der Waals surface area contributed by atoms with Gasteiger partial charge in [0.25, 0.3) is 0 Å². The molecule has 1 aromatic rings. The average molecular weight is 272 g/mol. The van der Waals surface area contributed by atoms with Crippen LogP contribution in [0.2, 0.25) is 0 Å². The maximum absolute atomic E-state index is 6.08. The Bertz CT molecular complexity index is 316. The highest BCUT2D eigenvalue weighted by molar-refractivity contribution is 6.18. The standard InChI is InChI=1S/C14H19Cl2N/c15-9-13-7-4-8-14(10-16)17(13)11-12-5-2-1-3-6-12/h1-3,5-6,13-14H,4,7-11H2. The molecule has 2 unspecified atom stereocenters. The molecule has 0 spiro atoms. The summed E-state index contributed by atoms with van der Waals surface area (Å²) in [5.74, 6) is 1.42. The predicted octanol–water partition coefficient (Wildman–Crippen LogP) is 3.89. The first kappa shape index (κ1) is 13.2. The summed E-state index contributed by atoms with van der Waals surface area (Å²) in [7, 11) is 0. The molecule has 1 nitrogen and oxygen atoms in total. The zero-order valence-corrected chi connectivity index (χ0v) is 11.5. The Morgan fingerprint density at radius 2 is 1.59 bits per heavy atom. The van der Waals surface area contributed by atoms with Crippen LogP contribution in [0.3, 0.4) is 0 Å². The van der Waals surface area contributed by atoms with Gasteiger partial charge in [0.05, 0.1) is 0 Å². The Kier molecular flexibility index (Phi) is 5.15. The second-order valence-electron chi connectivity index (χ2n) is 4.71. The van der Waals surface area contributed by atoms with Crippen LogP contribution < -0.4 is 0 Å². The molecule has 1 heterocycles. The van der Waals surface area contributed by atoms with Crippen LogP contribution in [0, 0.1) is 0 Å². The molecule has 1 fully saturated rings. The van der Waals surface area contributed by atoms with E-state index >= 15 is 0 Å². The summed E-state index contributed by atoms with van der Waals surface area (Å²) in [5, 5.41) is 0. The van der Waals surface area contributed by atoms with Gasteiger partial charge < -0.3 is 0 Å². The van der Waals surface area contributed by atoms with Crippen LogP contribution in [0.15, 0.2) is 30.3 Å². The highest BCUT2D eigenvalue weighted by Gasteiger charge is 2.29. The number of rotatable bonds is 4. The molecule has 0 aliphatic carbocycles. The van der Waals surface area contributed by atoms with E-state index in [0.717, 1.165) is 6.54 Å². The molecule has 1 aliphatic rings. The van der Waals surface area contributed by atoms with Crippen molar-refractivity contribution in [3.8, 4) is 0 Å². The quantitative estimate of drug-likeness (QED) is 0.752. The Morgan fingerprint density at radius 1 is 1.00 bits per heavy atom. The van der Waals surface area contributed by atoms with Crippen molar-refractivity contribution in [3.05, 3.63) is 35.9 Å². The maximum Gasteiger partial charge on any atom is 0.0379 e. The molecule has 0 aromatic heterocycles. The molecule has 0 saturated carbocycles. The molecule has 1 aromatic carbocycles. The smallest absolute Gasteiger partial charge is 0.0379 e. The highest BCUT2D eigenvalue weighted by Crippen LogP contribution is 2.26. The predicted molar refractivity (Wildman–Crippen MR) is 74.9 cm³/mol. The summed E-state index contributed by atoms with van der Waals surface area (Å²) >= 11 is 12.2. The third-order valence-corrected chi connectivity index (χ3v) is 4.29. The highest BCUT2D eigenvalue weighted by atomic mass is 35.5. The first-order chi connectivity index (χ1) is 8.35. The van der Waals surface area contributed by atoms with Gasteiger partial charge in [-0.2, -0.15) is 0 Å². The van der Waals surface area contributed by atoms with E-state index in [9.17, 15) is 0 Å². The van der Waals surface area contributed by atoms with Gasteiger partial charge in [0.1, 0.15) is 0 Å². The lowest BCUT2D eigenvalue weighted by Crippen LogP contribution is -2.47. The molecule has 3 heteroatoms. The summed E-state index contributed by atoms with van der Waals surface area (Å²) in [4.78, 5) is 2.48. The van der Waals surface area contributed by atoms with Crippen molar-refractivity contribution < 1.29 is 0 Å². The molecule has 2 atom stereocenters. The Morgan fingerprint density at radius 3 is 2.12 bits per heavy atom. The van der Waals surface area contributed by atoms with Gasteiger partial charge >= 0.3 is 0 Å². The minimum atomic E-state index is 0.481. The molecule has 17 heavy (non-hydrogen) atoms. The molecule has 94 valence electrons. The normalized spacial score (nSPS) is 26.0. The monoisotopic (exact) mass is 271 g/mol. The Labute approximate surface area is 114 Å². The third kappa shape index (κ3) is 3.37. The van der Waals surface area contributed by atoms with Gasteiger partial charge in [0.2, 0.25) is 0 Å². The summed E-state index contributed by atoms with van der Waals surface area (Å²) in [6.07, 6.45) is 3.65. The fraction of sp³-hybridized carbons (Fsp3) is 0.571. The average Bonchev–Trinajstić information content (AvgIpc) is 2.40. The van der Waals surface area contributed by atoms with E-state index in [1.165, 1.54) is 24.8 Å². The van der Waals surface area contributed by atoms with E-state index in [4.69, 9.17) is 23.2 Å². The van der Waals surface area contributed by atoms with Crippen LogP contribution in [0.5, 0.6) is 0 Å². The summed E-state index contributed by atoms with van der Waals surface area (Å²) in [5.41, 5.74) is 1.35. The second-order valence-corrected chi connectivity index (χ2v) is 5.32. The summed E-state index contributed by atoms with van der Waals surface area (Å²) < 4.78 is 0. The lowest BCUT2D eigenvalue weighted by atomic mass is 9.96. The second kappa shape index (κ2) is 6.63. The first-order valence-corrected chi connectivity index (χ1v) is 7.33. The zero-order chi connectivity index (χ0) is 12.1. The van der Waals surface area contributed by atoms with E-state index in [1.54, 1.807) is 0 Å². The van der Waals surface area contributed by atoms with Crippen molar-refractivity contribution in [2.24, 2.45) is 0 Å². The van der Waals surface area contributed by atoms with Gasteiger partial charge in [-0.15, -0.1) is 23.2 Å². The van der Waals surface area contributed by atoms with Crippen LogP contribution in [-0.2, 0) is 6.54 Å². The van der Waals surface area contributed by atoms with Gasteiger partial charge in [-0.25, -0.2) is 0 Å². The molecular formula is C14H19Cl2N. The van der Waals surface area contributed by atoms with E-state index in [1.807, 2.05) is 0 Å². The van der Waals surface area contributed by atoms with E-state index in [-0.39, 0.29) is 0 Å². The van der Waals surface area contributed by atoms with Gasteiger partial charge in [-0.3, -0.25) is 4.90 Å². The first-order valence-electron chi connectivity index (χ1n) is 6.26. The lowest BCUT2D eigenvalue weighted by Gasteiger charge is -2.40. The van der Waals surface area contributed by atoms with E-state index in [0.29, 0.717) is 23.8 Å². The number of benzene rings is 1. The van der Waals surface area contributed by atoms with Crippen LogP contribution in [0.4, 0.5) is 0 Å². The molecule has 1 saturated heterocycles. The molecule has 1 aliphatic heterocycles. The Hall–Kier alpha value is -0.240. The molecule has 2 rings (SSSR count). The van der Waals surface area contributed by atoms with Crippen molar-refractivity contribution in [1.29, 1.82) is 0 Å². The molecule has 0 amide bonds. The fourth-order valence-corrected chi connectivity index (χ4v) is 3.27. The SMILES string of the molecule is ClCC1CCCC(CCl)N1Cc1ccccc1. The van der Waals surface area contributed by atoms with Gasteiger partial charge in [0, 0.05) is 30.4 Å². The molecule has 0 N–H and O–H groups in total. The van der Waals surface area contributed by atoms with Crippen molar-refractivity contribution in [1.82, 2.24) is 4.90 Å². The van der Waals surface area contributed by atoms with Crippen molar-refractivity contribution in [3.63, 3.8) is 0 Å². The van der Waals surface area contributed by atoms with Crippen LogP contribution in [0.25, 0.3) is 0 Å².